The average molecular weight is 572 g/mol. The first kappa shape index (κ1) is 29.3. The van der Waals surface area contributed by atoms with Crippen LogP contribution in [0.1, 0.15) is 84.1 Å². The summed E-state index contributed by atoms with van der Waals surface area (Å²) in [7, 11) is 3.83. The van der Waals surface area contributed by atoms with E-state index in [1.807, 2.05) is 17.0 Å². The number of anilines is 1. The SMILES string of the molecule is COc1ccc(C2CCCCC2)cc1-c1nc(NC(=O)N2CCN(C3CC(C)(C)N(C)C(C)(C)C3)CC2)sc1F. The highest BCUT2D eigenvalue weighted by atomic mass is 32.1. The van der Waals surface area contributed by atoms with Crippen LogP contribution in [0, 0.1) is 5.13 Å². The lowest BCUT2D eigenvalue weighted by atomic mass is 9.77. The highest BCUT2D eigenvalue weighted by Gasteiger charge is 2.45. The molecule has 3 heterocycles. The number of rotatable bonds is 5. The number of hydrogen-bond donors (Lipinski definition) is 1. The average Bonchev–Trinajstić information content (AvgIpc) is 3.30. The van der Waals surface area contributed by atoms with E-state index in [1.54, 1.807) is 7.11 Å². The zero-order chi connectivity index (χ0) is 28.7. The second-order valence-corrected chi connectivity index (χ2v) is 14.1. The fourth-order valence-electron chi connectivity index (χ4n) is 7.16. The Bertz CT molecular complexity index is 1180. The highest BCUT2D eigenvalue weighted by Crippen LogP contribution is 2.41. The molecule has 1 aliphatic carbocycles. The maximum Gasteiger partial charge on any atom is 0.323 e. The van der Waals surface area contributed by atoms with Crippen molar-refractivity contribution in [3.8, 4) is 17.0 Å². The van der Waals surface area contributed by atoms with Crippen LogP contribution in [0.15, 0.2) is 18.2 Å². The molecule has 3 fully saturated rings. The van der Waals surface area contributed by atoms with Crippen molar-refractivity contribution in [2.75, 3.05) is 45.7 Å². The van der Waals surface area contributed by atoms with Crippen molar-refractivity contribution in [1.82, 2.24) is 19.7 Å². The molecular formula is C31H46FN5O2S. The van der Waals surface area contributed by atoms with Crippen molar-refractivity contribution in [1.29, 1.82) is 0 Å². The molecule has 5 rings (SSSR count). The predicted octanol–water partition coefficient (Wildman–Crippen LogP) is 6.81. The molecule has 2 saturated heterocycles. The first-order valence-corrected chi connectivity index (χ1v) is 15.7. The monoisotopic (exact) mass is 571 g/mol. The number of ether oxygens (including phenoxy) is 1. The number of nitrogens with zero attached hydrogens (tertiary/aromatic N) is 4. The molecule has 2 aliphatic heterocycles. The van der Waals surface area contributed by atoms with Crippen molar-refractivity contribution in [3.05, 3.63) is 28.9 Å². The van der Waals surface area contributed by atoms with E-state index in [9.17, 15) is 4.79 Å². The molecule has 0 unspecified atom stereocenters. The van der Waals surface area contributed by atoms with E-state index in [4.69, 9.17) is 4.74 Å². The number of urea groups is 1. The number of carbonyl (C=O) groups is 1. The number of hydrogen-bond acceptors (Lipinski definition) is 6. The number of piperidine rings is 1. The van der Waals surface area contributed by atoms with Crippen LogP contribution in [0.25, 0.3) is 11.3 Å². The summed E-state index contributed by atoms with van der Waals surface area (Å²) in [6, 6.07) is 6.33. The number of likely N-dealkylation sites (tertiary alicyclic amines) is 1. The number of halogens is 1. The van der Waals surface area contributed by atoms with Gasteiger partial charge in [0.1, 0.15) is 11.4 Å². The Hall–Kier alpha value is -2.23. The predicted molar refractivity (Wildman–Crippen MR) is 161 cm³/mol. The number of methoxy groups -OCH3 is 1. The first-order valence-electron chi connectivity index (χ1n) is 14.9. The lowest BCUT2D eigenvalue weighted by molar-refractivity contribution is -0.0535. The van der Waals surface area contributed by atoms with Gasteiger partial charge in [-0.05, 0) is 84.0 Å². The lowest BCUT2D eigenvalue weighted by Gasteiger charge is -2.56. The summed E-state index contributed by atoms with van der Waals surface area (Å²) in [6.45, 7) is 12.3. The van der Waals surface area contributed by atoms with Crippen LogP contribution < -0.4 is 10.1 Å². The number of nitrogens with one attached hydrogen (secondary N) is 1. The van der Waals surface area contributed by atoms with E-state index in [0.717, 1.165) is 50.1 Å². The smallest absolute Gasteiger partial charge is 0.323 e. The van der Waals surface area contributed by atoms with E-state index in [1.165, 1.54) is 24.8 Å². The number of benzene rings is 1. The molecule has 40 heavy (non-hydrogen) atoms. The second kappa shape index (κ2) is 11.6. The minimum absolute atomic E-state index is 0.131. The third-order valence-corrected chi connectivity index (χ3v) is 10.5. The van der Waals surface area contributed by atoms with Crippen molar-refractivity contribution in [3.63, 3.8) is 0 Å². The van der Waals surface area contributed by atoms with Gasteiger partial charge >= 0.3 is 6.03 Å². The highest BCUT2D eigenvalue weighted by molar-refractivity contribution is 7.14. The minimum Gasteiger partial charge on any atom is -0.496 e. The van der Waals surface area contributed by atoms with Crippen molar-refractivity contribution >= 4 is 22.5 Å². The molecule has 0 spiro atoms. The quantitative estimate of drug-likeness (QED) is 0.427. The molecule has 0 radical (unpaired) electrons. The molecule has 7 nitrogen and oxygen atoms in total. The number of thiazole rings is 1. The van der Waals surface area contributed by atoms with Gasteiger partial charge in [0, 0.05) is 48.9 Å². The van der Waals surface area contributed by atoms with E-state index < -0.39 is 5.13 Å². The Morgan fingerprint density at radius 2 is 1.70 bits per heavy atom. The summed E-state index contributed by atoms with van der Waals surface area (Å²) in [5.41, 5.74) is 2.37. The molecule has 220 valence electrons. The van der Waals surface area contributed by atoms with E-state index in [0.29, 0.717) is 36.4 Å². The molecule has 9 heteroatoms. The Kier molecular flexibility index (Phi) is 8.47. The summed E-state index contributed by atoms with van der Waals surface area (Å²) in [4.78, 5) is 24.6. The summed E-state index contributed by atoms with van der Waals surface area (Å²) in [6.07, 6.45) is 8.30. The number of amides is 2. The molecule has 3 aliphatic rings. The van der Waals surface area contributed by atoms with Gasteiger partial charge in [0.25, 0.3) is 0 Å². The Morgan fingerprint density at radius 3 is 2.33 bits per heavy atom. The fourth-order valence-corrected chi connectivity index (χ4v) is 7.86. The first-order chi connectivity index (χ1) is 19.0. The van der Waals surface area contributed by atoms with Crippen molar-refractivity contribution < 1.29 is 13.9 Å². The van der Waals surface area contributed by atoms with Gasteiger partial charge in [0.2, 0.25) is 5.13 Å². The van der Waals surface area contributed by atoms with Gasteiger partial charge in [-0.25, -0.2) is 9.78 Å². The Balaban J connectivity index is 1.23. The van der Waals surface area contributed by atoms with Crippen LogP contribution in [-0.4, -0.2) is 83.2 Å². The molecule has 1 aromatic carbocycles. The van der Waals surface area contributed by atoms with Crippen LogP contribution in [-0.2, 0) is 0 Å². The number of piperazine rings is 1. The van der Waals surface area contributed by atoms with Crippen LogP contribution in [0.3, 0.4) is 0 Å². The Labute approximate surface area is 243 Å². The summed E-state index contributed by atoms with van der Waals surface area (Å²) in [5.74, 6) is 1.09. The summed E-state index contributed by atoms with van der Waals surface area (Å²) < 4.78 is 20.8. The van der Waals surface area contributed by atoms with Gasteiger partial charge in [-0.3, -0.25) is 15.1 Å². The molecule has 1 N–H and O–H groups in total. The van der Waals surface area contributed by atoms with Crippen LogP contribution in [0.5, 0.6) is 5.75 Å². The van der Waals surface area contributed by atoms with Gasteiger partial charge in [-0.1, -0.05) is 36.7 Å². The maximum absolute atomic E-state index is 15.2. The Morgan fingerprint density at radius 1 is 1.05 bits per heavy atom. The van der Waals surface area contributed by atoms with Gasteiger partial charge in [-0.2, -0.15) is 4.39 Å². The van der Waals surface area contributed by atoms with Gasteiger partial charge in [0.15, 0.2) is 5.13 Å². The van der Waals surface area contributed by atoms with E-state index in [-0.39, 0.29) is 27.9 Å². The molecular weight excluding hydrogens is 525 g/mol. The van der Waals surface area contributed by atoms with Crippen molar-refractivity contribution in [2.45, 2.75) is 95.7 Å². The van der Waals surface area contributed by atoms with Gasteiger partial charge in [0.05, 0.1) is 7.11 Å². The molecule has 0 bridgehead atoms. The molecule has 1 saturated carbocycles. The number of carbonyl (C=O) groups excluding carboxylic acids is 1. The normalized spacial score (nSPS) is 22.8. The topological polar surface area (TPSA) is 60.9 Å². The third-order valence-electron chi connectivity index (χ3n) is 9.76. The summed E-state index contributed by atoms with van der Waals surface area (Å²) >= 11 is 0.878. The maximum atomic E-state index is 15.2. The standard InChI is InChI=1S/C31H46FN5O2S/c1-30(2)19-23(20-31(3,4)35(30)5)36-14-16-37(17-15-36)29(38)34-28-33-26(27(32)40-28)24-18-22(12-13-25(24)39-6)21-10-8-7-9-11-21/h12-13,18,21,23H,7-11,14-17,19-20H2,1-6H3,(H,33,34,38). The zero-order valence-electron chi connectivity index (χ0n) is 25.1. The molecule has 1 aromatic heterocycles. The van der Waals surface area contributed by atoms with Crippen molar-refractivity contribution in [2.24, 2.45) is 0 Å². The van der Waals surface area contributed by atoms with Gasteiger partial charge < -0.3 is 9.64 Å². The molecule has 2 amide bonds. The van der Waals surface area contributed by atoms with Gasteiger partial charge in [-0.15, -0.1) is 0 Å². The number of aromatic nitrogens is 1. The molecule has 0 atom stereocenters. The van der Waals surface area contributed by atoms with E-state index >= 15 is 4.39 Å². The van der Waals surface area contributed by atoms with Crippen LogP contribution >= 0.6 is 11.3 Å². The zero-order valence-corrected chi connectivity index (χ0v) is 25.9. The summed E-state index contributed by atoms with van der Waals surface area (Å²) in [5, 5.41) is 2.74. The van der Waals surface area contributed by atoms with Crippen LogP contribution in [0.4, 0.5) is 14.3 Å². The van der Waals surface area contributed by atoms with Crippen LogP contribution in [0.2, 0.25) is 0 Å². The lowest BCUT2D eigenvalue weighted by Crippen LogP contribution is -2.64. The fraction of sp³-hybridized carbons (Fsp3) is 0.677. The third kappa shape index (κ3) is 6.02. The minimum atomic E-state index is -0.410. The largest absolute Gasteiger partial charge is 0.496 e. The van der Waals surface area contributed by atoms with E-state index in [2.05, 4.69) is 60.9 Å². The second-order valence-electron chi connectivity index (χ2n) is 13.1. The molecule has 2 aromatic rings.